The van der Waals surface area contributed by atoms with Crippen LogP contribution in [0.3, 0.4) is 0 Å². The van der Waals surface area contributed by atoms with Crippen molar-refractivity contribution in [2.45, 2.75) is 18.5 Å². The van der Waals surface area contributed by atoms with Crippen molar-refractivity contribution in [1.82, 2.24) is 30.4 Å². The van der Waals surface area contributed by atoms with Crippen LogP contribution in [0, 0.1) is 0 Å². The molecule has 1 aliphatic rings. The molecule has 0 unspecified atom stereocenters. The molecule has 0 spiro atoms. The zero-order chi connectivity index (χ0) is 27.5. The van der Waals surface area contributed by atoms with Crippen molar-refractivity contribution in [2.24, 2.45) is 0 Å². The molecular formula is C28H27ClN6O4. The van der Waals surface area contributed by atoms with Crippen molar-refractivity contribution in [3.05, 3.63) is 99.6 Å². The molecule has 39 heavy (non-hydrogen) atoms. The number of rotatable bonds is 5. The highest BCUT2D eigenvalue weighted by atomic mass is 35.5. The molecule has 4 aromatic rings. The first-order valence-corrected chi connectivity index (χ1v) is 12.8. The zero-order valence-corrected chi connectivity index (χ0v) is 21.9. The van der Waals surface area contributed by atoms with Crippen molar-refractivity contribution in [2.75, 3.05) is 20.1 Å². The van der Waals surface area contributed by atoms with Gasteiger partial charge >= 0.3 is 6.03 Å². The Hall–Kier alpha value is -4.57. The van der Waals surface area contributed by atoms with Gasteiger partial charge in [-0.15, -0.1) is 0 Å². The molecule has 1 fully saturated rings. The minimum atomic E-state index is -0.535. The monoisotopic (exact) mass is 546 g/mol. The summed E-state index contributed by atoms with van der Waals surface area (Å²) < 4.78 is 1.48. The quantitative estimate of drug-likeness (QED) is 0.307. The van der Waals surface area contributed by atoms with Gasteiger partial charge in [-0.25, -0.2) is 4.79 Å². The van der Waals surface area contributed by atoms with Gasteiger partial charge in [-0.2, -0.15) is 0 Å². The Morgan fingerprint density at radius 1 is 0.949 bits per heavy atom. The number of benzene rings is 2. The molecule has 4 N–H and O–H groups in total. The minimum absolute atomic E-state index is 0.178. The second kappa shape index (κ2) is 11.0. The van der Waals surface area contributed by atoms with Crippen molar-refractivity contribution in [1.29, 1.82) is 0 Å². The molecule has 1 aliphatic heterocycles. The van der Waals surface area contributed by atoms with Crippen LogP contribution in [0.25, 0.3) is 16.6 Å². The molecule has 0 saturated carbocycles. The van der Waals surface area contributed by atoms with E-state index in [1.54, 1.807) is 78.9 Å². The molecule has 2 aromatic heterocycles. The number of fused-ring (bicyclic) bond motifs is 1. The SMILES string of the molecule is CNC(=O)N1CC[C@@H](NC(=O)c2ccc3c(Cl)c[nH]c3c2)[C@@H](NC(=O)c2ccc(-n3ccccc3=O)cc2)C1. The van der Waals surface area contributed by atoms with Crippen LogP contribution in [0.15, 0.2) is 77.9 Å². The number of hydrogen-bond acceptors (Lipinski definition) is 4. The number of urea groups is 1. The predicted molar refractivity (Wildman–Crippen MR) is 149 cm³/mol. The van der Waals surface area contributed by atoms with E-state index in [1.165, 1.54) is 10.6 Å². The molecule has 0 bridgehead atoms. The maximum Gasteiger partial charge on any atom is 0.317 e. The zero-order valence-electron chi connectivity index (χ0n) is 21.1. The third-order valence-electron chi connectivity index (χ3n) is 6.87. The van der Waals surface area contributed by atoms with Gasteiger partial charge in [0.05, 0.1) is 17.1 Å². The summed E-state index contributed by atoms with van der Waals surface area (Å²) in [6.07, 6.45) is 3.78. The Bertz CT molecular complexity index is 1600. The van der Waals surface area contributed by atoms with Gasteiger partial charge in [0.1, 0.15) is 0 Å². The first-order valence-electron chi connectivity index (χ1n) is 12.5. The normalized spacial score (nSPS) is 17.0. The summed E-state index contributed by atoms with van der Waals surface area (Å²) in [7, 11) is 1.55. The lowest BCUT2D eigenvalue weighted by atomic mass is 9.98. The second-order valence-corrected chi connectivity index (χ2v) is 9.71. The number of likely N-dealkylation sites (tertiary alicyclic amines) is 1. The van der Waals surface area contributed by atoms with Crippen LogP contribution in [-0.2, 0) is 0 Å². The number of pyridine rings is 1. The number of amides is 4. The van der Waals surface area contributed by atoms with Crippen molar-refractivity contribution in [3.63, 3.8) is 0 Å². The van der Waals surface area contributed by atoms with Crippen LogP contribution in [0.2, 0.25) is 5.02 Å². The molecule has 4 amide bonds. The molecule has 2 aromatic carbocycles. The maximum atomic E-state index is 13.2. The summed E-state index contributed by atoms with van der Waals surface area (Å²) in [5, 5.41) is 10.0. The summed E-state index contributed by atoms with van der Waals surface area (Å²) >= 11 is 6.15. The van der Waals surface area contributed by atoms with E-state index in [2.05, 4.69) is 20.9 Å². The van der Waals surface area contributed by atoms with E-state index in [-0.39, 0.29) is 29.9 Å². The fourth-order valence-electron chi connectivity index (χ4n) is 4.76. The number of aromatic amines is 1. The lowest BCUT2D eigenvalue weighted by Gasteiger charge is -2.39. The van der Waals surface area contributed by atoms with E-state index < -0.39 is 12.1 Å². The Morgan fingerprint density at radius 2 is 1.67 bits per heavy atom. The number of hydrogen-bond donors (Lipinski definition) is 4. The van der Waals surface area contributed by atoms with E-state index in [0.717, 1.165) is 10.9 Å². The molecule has 1 saturated heterocycles. The minimum Gasteiger partial charge on any atom is -0.360 e. The number of nitrogens with one attached hydrogen (secondary N) is 4. The van der Waals surface area contributed by atoms with Crippen LogP contribution in [0.4, 0.5) is 4.79 Å². The number of carbonyl (C=O) groups excluding carboxylic acids is 3. The van der Waals surface area contributed by atoms with Gasteiger partial charge in [-0.1, -0.05) is 23.7 Å². The molecule has 0 radical (unpaired) electrons. The van der Waals surface area contributed by atoms with Crippen molar-refractivity contribution < 1.29 is 14.4 Å². The molecular weight excluding hydrogens is 520 g/mol. The van der Waals surface area contributed by atoms with Crippen LogP contribution >= 0.6 is 11.6 Å². The first-order chi connectivity index (χ1) is 18.8. The van der Waals surface area contributed by atoms with Crippen LogP contribution in [0.1, 0.15) is 27.1 Å². The van der Waals surface area contributed by atoms with Crippen LogP contribution in [0.5, 0.6) is 0 Å². The number of aromatic nitrogens is 2. The highest BCUT2D eigenvalue weighted by Gasteiger charge is 2.33. The Kier molecular flexibility index (Phi) is 7.38. The fourth-order valence-corrected chi connectivity index (χ4v) is 4.98. The Morgan fingerprint density at radius 3 is 2.41 bits per heavy atom. The summed E-state index contributed by atoms with van der Waals surface area (Å²) in [4.78, 5) is 55.4. The third-order valence-corrected chi connectivity index (χ3v) is 7.18. The van der Waals surface area contributed by atoms with E-state index >= 15 is 0 Å². The first kappa shape index (κ1) is 26.1. The van der Waals surface area contributed by atoms with Gasteiger partial charge in [0.2, 0.25) is 0 Å². The molecule has 10 nitrogen and oxygen atoms in total. The molecule has 200 valence electrons. The summed E-state index contributed by atoms with van der Waals surface area (Å²) in [6.45, 7) is 0.641. The summed E-state index contributed by atoms with van der Waals surface area (Å²) in [5.41, 5.74) is 2.04. The van der Waals surface area contributed by atoms with Crippen LogP contribution < -0.4 is 21.5 Å². The largest absolute Gasteiger partial charge is 0.360 e. The number of carbonyl (C=O) groups is 3. The molecule has 2 atom stereocenters. The molecule has 5 rings (SSSR count). The van der Waals surface area contributed by atoms with Gasteiger partial charge in [0.25, 0.3) is 17.4 Å². The van der Waals surface area contributed by atoms with Gasteiger partial charge in [-0.05, 0) is 48.9 Å². The average Bonchev–Trinajstić information content (AvgIpc) is 3.33. The number of piperidine rings is 1. The third kappa shape index (κ3) is 5.51. The van der Waals surface area contributed by atoms with Crippen LogP contribution in [-0.4, -0.2) is 64.5 Å². The maximum absolute atomic E-state index is 13.2. The van der Waals surface area contributed by atoms with Gasteiger partial charge < -0.3 is 25.8 Å². The van der Waals surface area contributed by atoms with Gasteiger partial charge in [-0.3, -0.25) is 19.0 Å². The molecule has 0 aliphatic carbocycles. The summed E-state index contributed by atoms with van der Waals surface area (Å²) in [5.74, 6) is -0.648. The number of halogens is 1. The van der Waals surface area contributed by atoms with E-state index in [4.69, 9.17) is 11.6 Å². The number of nitrogens with zero attached hydrogens (tertiary/aromatic N) is 2. The van der Waals surface area contributed by atoms with Crippen molar-refractivity contribution >= 4 is 40.3 Å². The van der Waals surface area contributed by atoms with Gasteiger partial charge in [0.15, 0.2) is 0 Å². The molecule has 11 heteroatoms. The van der Waals surface area contributed by atoms with E-state index in [1.807, 2.05) is 0 Å². The number of H-pyrrole nitrogens is 1. The topological polar surface area (TPSA) is 128 Å². The second-order valence-electron chi connectivity index (χ2n) is 9.30. The Labute approximate surface area is 229 Å². The average molecular weight is 547 g/mol. The fraction of sp³-hybridized carbons (Fsp3) is 0.214. The predicted octanol–water partition coefficient (Wildman–Crippen LogP) is 2.91. The standard InChI is InChI=1S/C28H27ClN6O4/c1-30-28(39)34-13-11-22(32-27(38)18-7-10-20-21(29)15-31-23(20)14-18)24(16-34)33-26(37)17-5-8-19(9-6-17)35-12-3-2-4-25(35)36/h2-10,12,14-15,22,24,31H,11,13,16H2,1H3,(H,30,39)(H,32,38)(H,33,37)/t22-,24+/m1/s1. The van der Waals surface area contributed by atoms with E-state index in [9.17, 15) is 19.2 Å². The highest BCUT2D eigenvalue weighted by molar-refractivity contribution is 6.35. The Balaban J connectivity index is 1.33. The summed E-state index contributed by atoms with van der Waals surface area (Å²) in [6, 6.07) is 15.5. The lowest BCUT2D eigenvalue weighted by molar-refractivity contribution is 0.0829. The lowest BCUT2D eigenvalue weighted by Crippen LogP contribution is -2.62. The van der Waals surface area contributed by atoms with Crippen molar-refractivity contribution in [3.8, 4) is 5.69 Å². The highest BCUT2D eigenvalue weighted by Crippen LogP contribution is 2.24. The van der Waals surface area contributed by atoms with Gasteiger partial charge in [0, 0.05) is 66.3 Å². The van der Waals surface area contributed by atoms with E-state index in [0.29, 0.717) is 34.8 Å². The molecule has 3 heterocycles. The smallest absolute Gasteiger partial charge is 0.317 e.